The lowest BCUT2D eigenvalue weighted by Gasteiger charge is -2.31. The Morgan fingerprint density at radius 1 is 1.07 bits per heavy atom. The average molecular weight is 390 g/mol. The molecule has 4 heteroatoms. The molecule has 1 atom stereocenters. The molecule has 1 unspecified atom stereocenters. The number of likely N-dealkylation sites (tertiary alicyclic amines) is 1. The van der Waals surface area contributed by atoms with E-state index in [-0.39, 0.29) is 11.9 Å². The van der Waals surface area contributed by atoms with E-state index in [0.29, 0.717) is 6.54 Å². The van der Waals surface area contributed by atoms with Gasteiger partial charge in [0.1, 0.15) is 0 Å². The van der Waals surface area contributed by atoms with Crippen LogP contribution in [0.5, 0.6) is 0 Å². The smallest absolute Gasteiger partial charge is 0.257 e. The first-order valence-corrected chi connectivity index (χ1v) is 10.8. The Morgan fingerprint density at radius 3 is 2.48 bits per heavy atom. The largest absolute Gasteiger partial charge is 0.294 e. The van der Waals surface area contributed by atoms with Crippen LogP contribution in [-0.4, -0.2) is 41.2 Å². The summed E-state index contributed by atoms with van der Waals surface area (Å²) in [5.74, 6) is 0.868. The zero-order valence-electron chi connectivity index (χ0n) is 17.8. The number of hydrazone groups is 1. The van der Waals surface area contributed by atoms with Crippen LogP contribution in [0.15, 0.2) is 53.6 Å². The maximum atomic E-state index is 13.3. The number of hydrogen-bond donors (Lipinski definition) is 0. The number of carbonyl (C=O) groups excluding carboxylic acids is 1. The van der Waals surface area contributed by atoms with Crippen molar-refractivity contribution in [1.82, 2.24) is 9.91 Å². The van der Waals surface area contributed by atoms with Gasteiger partial charge in [0.15, 0.2) is 0 Å². The Balaban J connectivity index is 1.59. The summed E-state index contributed by atoms with van der Waals surface area (Å²) in [6, 6.07) is 16.7. The van der Waals surface area contributed by atoms with Gasteiger partial charge in [0.05, 0.1) is 18.3 Å². The molecule has 2 heterocycles. The van der Waals surface area contributed by atoms with Gasteiger partial charge in [0.2, 0.25) is 0 Å². The summed E-state index contributed by atoms with van der Waals surface area (Å²) in [5.41, 5.74) is 5.78. The van der Waals surface area contributed by atoms with E-state index in [1.54, 1.807) is 5.01 Å². The fraction of sp³-hybridized carbons (Fsp3) is 0.440. The first-order valence-electron chi connectivity index (χ1n) is 10.8. The van der Waals surface area contributed by atoms with Crippen LogP contribution < -0.4 is 0 Å². The lowest BCUT2D eigenvalue weighted by Crippen LogP contribution is -2.41. The van der Waals surface area contributed by atoms with Crippen molar-refractivity contribution in [2.24, 2.45) is 11.0 Å². The molecule has 0 aromatic heterocycles. The number of benzene rings is 2. The summed E-state index contributed by atoms with van der Waals surface area (Å²) in [4.78, 5) is 15.6. The molecule has 1 amide bonds. The molecule has 0 N–H and O–H groups in total. The molecule has 0 spiro atoms. The molecule has 152 valence electrons. The highest BCUT2D eigenvalue weighted by molar-refractivity contribution is 6.04. The maximum absolute atomic E-state index is 13.3. The Kier molecular flexibility index (Phi) is 5.81. The molecule has 29 heavy (non-hydrogen) atoms. The minimum atomic E-state index is -0.0249. The molecule has 4 nitrogen and oxygen atoms in total. The third-order valence-electron chi connectivity index (χ3n) is 6.28. The van der Waals surface area contributed by atoms with E-state index in [4.69, 9.17) is 5.10 Å². The molecule has 2 aromatic carbocycles. The number of amides is 1. The minimum Gasteiger partial charge on any atom is -0.294 e. The van der Waals surface area contributed by atoms with Gasteiger partial charge in [0, 0.05) is 12.0 Å². The molecule has 0 aliphatic carbocycles. The van der Waals surface area contributed by atoms with Crippen LogP contribution >= 0.6 is 0 Å². The number of rotatable bonds is 4. The van der Waals surface area contributed by atoms with E-state index in [2.05, 4.69) is 56.0 Å². The van der Waals surface area contributed by atoms with Gasteiger partial charge in [-0.25, -0.2) is 5.01 Å². The van der Waals surface area contributed by atoms with E-state index in [1.165, 1.54) is 24.0 Å². The van der Waals surface area contributed by atoms with Crippen LogP contribution in [0.25, 0.3) is 0 Å². The summed E-state index contributed by atoms with van der Waals surface area (Å²) in [6.45, 7) is 9.00. The number of piperidine rings is 1. The van der Waals surface area contributed by atoms with E-state index in [1.807, 2.05) is 18.2 Å². The van der Waals surface area contributed by atoms with Gasteiger partial charge in [-0.2, -0.15) is 5.10 Å². The zero-order valence-corrected chi connectivity index (χ0v) is 17.8. The first kappa shape index (κ1) is 19.8. The first-order chi connectivity index (χ1) is 14.0. The van der Waals surface area contributed by atoms with Gasteiger partial charge in [-0.05, 0) is 56.8 Å². The fourth-order valence-electron chi connectivity index (χ4n) is 4.46. The van der Waals surface area contributed by atoms with E-state index in [9.17, 15) is 4.79 Å². The van der Waals surface area contributed by atoms with Gasteiger partial charge in [-0.3, -0.25) is 9.69 Å². The van der Waals surface area contributed by atoms with Crippen LogP contribution in [0.2, 0.25) is 0 Å². The van der Waals surface area contributed by atoms with E-state index < -0.39 is 0 Å². The lowest BCUT2D eigenvalue weighted by atomic mass is 9.95. The van der Waals surface area contributed by atoms with Crippen molar-refractivity contribution in [1.29, 1.82) is 0 Å². The second-order valence-electron chi connectivity index (χ2n) is 8.69. The summed E-state index contributed by atoms with van der Waals surface area (Å²) in [5, 5.41) is 6.61. The number of hydrogen-bond acceptors (Lipinski definition) is 3. The molecular weight excluding hydrogens is 358 g/mol. The summed E-state index contributed by atoms with van der Waals surface area (Å²) < 4.78 is 0. The Morgan fingerprint density at radius 2 is 1.79 bits per heavy atom. The molecular formula is C25H31N3O. The zero-order chi connectivity index (χ0) is 20.4. The van der Waals surface area contributed by atoms with Gasteiger partial charge in [-0.15, -0.1) is 0 Å². The van der Waals surface area contributed by atoms with Gasteiger partial charge in [0.25, 0.3) is 5.91 Å². The summed E-state index contributed by atoms with van der Waals surface area (Å²) >= 11 is 0. The van der Waals surface area contributed by atoms with Crippen LogP contribution in [0.4, 0.5) is 0 Å². The molecule has 2 aromatic rings. The Labute approximate surface area is 174 Å². The molecule has 0 bridgehead atoms. The minimum absolute atomic E-state index is 0.0249. The van der Waals surface area contributed by atoms with Crippen molar-refractivity contribution in [2.75, 3.05) is 19.6 Å². The predicted octanol–water partition coefficient (Wildman–Crippen LogP) is 4.71. The number of nitrogens with zero attached hydrogens (tertiary/aromatic N) is 3. The summed E-state index contributed by atoms with van der Waals surface area (Å²) in [7, 11) is 0. The summed E-state index contributed by atoms with van der Waals surface area (Å²) in [6.07, 6.45) is 3.11. The molecule has 4 rings (SSSR count). The third kappa shape index (κ3) is 4.43. The second kappa shape index (κ2) is 8.50. The van der Waals surface area contributed by atoms with Crippen molar-refractivity contribution >= 4 is 11.6 Å². The standard InChI is InChI=1S/C25H31N3O/c1-18-11-13-27(14-12-18)17-25(29)28-24(21-7-5-4-6-8-21)16-23(26-28)22-10-9-19(2)15-20(22)3/h4-10,15,18,24H,11-14,16-17H2,1-3H3. The highest BCUT2D eigenvalue weighted by Crippen LogP contribution is 2.33. The molecule has 0 saturated carbocycles. The quantitative estimate of drug-likeness (QED) is 0.759. The molecule has 1 fully saturated rings. The van der Waals surface area contributed by atoms with Crippen molar-refractivity contribution in [3.8, 4) is 0 Å². The van der Waals surface area contributed by atoms with Crippen molar-refractivity contribution in [2.45, 2.75) is 46.1 Å². The van der Waals surface area contributed by atoms with Crippen molar-refractivity contribution in [3.63, 3.8) is 0 Å². The fourth-order valence-corrected chi connectivity index (χ4v) is 4.46. The molecule has 2 aliphatic heterocycles. The second-order valence-corrected chi connectivity index (χ2v) is 8.69. The Bertz CT molecular complexity index is 898. The topological polar surface area (TPSA) is 35.9 Å². The van der Waals surface area contributed by atoms with Gasteiger partial charge >= 0.3 is 0 Å². The van der Waals surface area contributed by atoms with Crippen molar-refractivity contribution < 1.29 is 4.79 Å². The van der Waals surface area contributed by atoms with Crippen LogP contribution in [0.1, 0.15) is 54.5 Å². The molecule has 2 aliphatic rings. The van der Waals surface area contributed by atoms with Gasteiger partial charge in [-0.1, -0.05) is 61.0 Å². The van der Waals surface area contributed by atoms with Crippen LogP contribution in [0, 0.1) is 19.8 Å². The number of carbonyl (C=O) groups is 1. The number of aryl methyl sites for hydroxylation is 2. The highest BCUT2D eigenvalue weighted by Gasteiger charge is 2.34. The third-order valence-corrected chi connectivity index (χ3v) is 6.28. The average Bonchev–Trinajstić information content (AvgIpc) is 3.16. The predicted molar refractivity (Wildman–Crippen MR) is 118 cm³/mol. The monoisotopic (exact) mass is 389 g/mol. The molecule has 1 saturated heterocycles. The van der Waals surface area contributed by atoms with Crippen LogP contribution in [0.3, 0.4) is 0 Å². The highest BCUT2D eigenvalue weighted by atomic mass is 16.2. The van der Waals surface area contributed by atoms with Gasteiger partial charge < -0.3 is 0 Å². The SMILES string of the molecule is Cc1ccc(C2=NN(C(=O)CN3CCC(C)CC3)C(c3ccccc3)C2)c(C)c1. The normalized spacial score (nSPS) is 20.7. The Hall–Kier alpha value is -2.46. The maximum Gasteiger partial charge on any atom is 0.257 e. The van der Waals surface area contributed by atoms with Crippen molar-refractivity contribution in [3.05, 3.63) is 70.8 Å². The molecule has 0 radical (unpaired) electrons. The van der Waals surface area contributed by atoms with E-state index in [0.717, 1.165) is 42.3 Å². The lowest BCUT2D eigenvalue weighted by molar-refractivity contribution is -0.134. The van der Waals surface area contributed by atoms with E-state index >= 15 is 0 Å². The van der Waals surface area contributed by atoms with Crippen LogP contribution in [-0.2, 0) is 4.79 Å².